The van der Waals surface area contributed by atoms with Crippen LogP contribution < -0.4 is 10.6 Å². The van der Waals surface area contributed by atoms with Gasteiger partial charge < -0.3 is 15.5 Å². The summed E-state index contributed by atoms with van der Waals surface area (Å²) in [5.74, 6) is 0.517. The second-order valence-electron chi connectivity index (χ2n) is 6.71. The summed E-state index contributed by atoms with van der Waals surface area (Å²) < 4.78 is 35.8. The Labute approximate surface area is 180 Å². The van der Waals surface area contributed by atoms with Crippen LogP contribution in [-0.4, -0.2) is 64.5 Å². The second-order valence-corrected chi connectivity index (χ2v) is 8.97. The molecular formula is C18H32FIN4O2S. The number of guanidine groups is 1. The number of nitrogens with zero attached hydrogens (tertiary/aromatic N) is 2. The maximum absolute atomic E-state index is 13.2. The van der Waals surface area contributed by atoms with Crippen LogP contribution in [0.1, 0.15) is 31.9 Å². The van der Waals surface area contributed by atoms with Gasteiger partial charge >= 0.3 is 0 Å². The number of rotatable bonds is 9. The lowest BCUT2D eigenvalue weighted by molar-refractivity contribution is 0.306. The van der Waals surface area contributed by atoms with Crippen LogP contribution in [0.15, 0.2) is 29.3 Å². The van der Waals surface area contributed by atoms with Gasteiger partial charge in [0.1, 0.15) is 15.7 Å². The lowest BCUT2D eigenvalue weighted by Gasteiger charge is -2.24. The van der Waals surface area contributed by atoms with Crippen molar-refractivity contribution in [3.05, 3.63) is 35.6 Å². The van der Waals surface area contributed by atoms with Gasteiger partial charge in [0.2, 0.25) is 0 Å². The van der Waals surface area contributed by atoms with E-state index in [1.54, 1.807) is 12.1 Å². The maximum Gasteiger partial charge on any atom is 0.191 e. The Morgan fingerprint density at radius 2 is 1.85 bits per heavy atom. The molecule has 2 atom stereocenters. The molecule has 0 amide bonds. The van der Waals surface area contributed by atoms with Crippen molar-refractivity contribution >= 4 is 39.8 Å². The van der Waals surface area contributed by atoms with Crippen LogP contribution >= 0.6 is 24.0 Å². The quantitative estimate of drug-likeness (QED) is 0.301. The Kier molecular flexibility index (Phi) is 12.1. The van der Waals surface area contributed by atoms with Crippen LogP contribution in [0.5, 0.6) is 0 Å². The van der Waals surface area contributed by atoms with E-state index in [-0.39, 0.29) is 47.6 Å². The van der Waals surface area contributed by atoms with E-state index in [0.717, 1.165) is 5.56 Å². The summed E-state index contributed by atoms with van der Waals surface area (Å²) in [5, 5.41) is 6.42. The summed E-state index contributed by atoms with van der Waals surface area (Å²) in [7, 11) is 0.933. The molecule has 0 fully saturated rings. The molecule has 1 rings (SSSR count). The van der Waals surface area contributed by atoms with Crippen LogP contribution in [0, 0.1) is 5.82 Å². The summed E-state index contributed by atoms with van der Waals surface area (Å²) >= 11 is 0. The van der Waals surface area contributed by atoms with E-state index in [9.17, 15) is 12.8 Å². The highest BCUT2D eigenvalue weighted by molar-refractivity contribution is 14.0. The zero-order valence-electron chi connectivity index (χ0n) is 16.7. The van der Waals surface area contributed by atoms with Crippen LogP contribution in [0.2, 0.25) is 0 Å². The number of aliphatic imine (C=N–C) groups is 1. The van der Waals surface area contributed by atoms with Crippen molar-refractivity contribution in [1.82, 2.24) is 15.5 Å². The fraction of sp³-hybridized carbons (Fsp3) is 0.611. The first kappa shape index (κ1) is 26.1. The van der Waals surface area contributed by atoms with E-state index in [1.807, 2.05) is 32.8 Å². The standard InChI is InChI=1S/C18H31FN4O2S.HI/c1-6-20-18(22-14(2)11-12-26(5,24)25)21-13-17(23(3)4)15-7-9-16(19)10-8-15;/h7-10,14,17H,6,11-13H2,1-5H3,(H2,20,21,22);1H. The van der Waals surface area contributed by atoms with E-state index >= 15 is 0 Å². The Bertz CT molecular complexity index is 681. The molecule has 6 nitrogen and oxygen atoms in total. The minimum Gasteiger partial charge on any atom is -0.357 e. The lowest BCUT2D eigenvalue weighted by atomic mass is 10.1. The van der Waals surface area contributed by atoms with Gasteiger partial charge in [0, 0.05) is 18.8 Å². The van der Waals surface area contributed by atoms with Crippen LogP contribution in [-0.2, 0) is 9.84 Å². The molecule has 0 heterocycles. The molecule has 0 aromatic heterocycles. The lowest BCUT2D eigenvalue weighted by Crippen LogP contribution is -2.43. The number of likely N-dealkylation sites (N-methyl/N-ethyl adjacent to an activating group) is 1. The molecular weight excluding hydrogens is 482 g/mol. The average molecular weight is 514 g/mol. The van der Waals surface area contributed by atoms with Crippen LogP contribution in [0.4, 0.5) is 4.39 Å². The first-order valence-corrected chi connectivity index (χ1v) is 10.8. The normalized spacial score (nSPS) is 14.4. The van der Waals surface area contributed by atoms with Crippen molar-refractivity contribution in [1.29, 1.82) is 0 Å². The summed E-state index contributed by atoms with van der Waals surface area (Å²) in [6.07, 6.45) is 1.75. The number of hydrogen-bond donors (Lipinski definition) is 2. The predicted molar refractivity (Wildman–Crippen MR) is 121 cm³/mol. The predicted octanol–water partition coefficient (Wildman–Crippen LogP) is 2.42. The third kappa shape index (κ3) is 10.8. The summed E-state index contributed by atoms with van der Waals surface area (Å²) in [6.45, 7) is 5.10. The first-order chi connectivity index (χ1) is 12.1. The maximum atomic E-state index is 13.2. The highest BCUT2D eigenvalue weighted by Gasteiger charge is 2.15. The van der Waals surface area contributed by atoms with Crippen LogP contribution in [0.25, 0.3) is 0 Å². The zero-order valence-corrected chi connectivity index (χ0v) is 19.8. The Morgan fingerprint density at radius 3 is 2.33 bits per heavy atom. The molecule has 0 saturated heterocycles. The Morgan fingerprint density at radius 1 is 1.26 bits per heavy atom. The van der Waals surface area contributed by atoms with Gasteiger partial charge in [-0.25, -0.2) is 12.8 Å². The zero-order chi connectivity index (χ0) is 19.7. The summed E-state index contributed by atoms with van der Waals surface area (Å²) in [5.41, 5.74) is 0.987. The second kappa shape index (κ2) is 12.5. The van der Waals surface area contributed by atoms with Gasteiger partial charge in [-0.2, -0.15) is 0 Å². The minimum absolute atomic E-state index is 0. The molecule has 0 aliphatic heterocycles. The van der Waals surface area contributed by atoms with Crippen molar-refractivity contribution in [2.24, 2.45) is 4.99 Å². The van der Waals surface area contributed by atoms with Gasteiger partial charge in [-0.15, -0.1) is 24.0 Å². The van der Waals surface area contributed by atoms with Gasteiger partial charge in [0.05, 0.1) is 18.3 Å². The van der Waals surface area contributed by atoms with Crippen molar-refractivity contribution < 1.29 is 12.8 Å². The molecule has 0 saturated carbocycles. The smallest absolute Gasteiger partial charge is 0.191 e. The molecule has 1 aromatic rings. The molecule has 0 radical (unpaired) electrons. The van der Waals surface area contributed by atoms with E-state index in [0.29, 0.717) is 25.5 Å². The third-order valence-electron chi connectivity index (χ3n) is 3.95. The summed E-state index contributed by atoms with van der Waals surface area (Å²) in [6, 6.07) is 6.43. The van der Waals surface area contributed by atoms with E-state index in [1.165, 1.54) is 18.4 Å². The highest BCUT2D eigenvalue weighted by atomic mass is 127. The molecule has 9 heteroatoms. The molecule has 0 aliphatic rings. The average Bonchev–Trinajstić information content (AvgIpc) is 2.54. The number of halogens is 2. The molecule has 27 heavy (non-hydrogen) atoms. The fourth-order valence-electron chi connectivity index (χ4n) is 2.45. The molecule has 0 aliphatic carbocycles. The number of benzene rings is 1. The third-order valence-corrected chi connectivity index (χ3v) is 4.93. The van der Waals surface area contributed by atoms with Gasteiger partial charge in [0.15, 0.2) is 5.96 Å². The van der Waals surface area contributed by atoms with E-state index < -0.39 is 9.84 Å². The molecule has 156 valence electrons. The first-order valence-electron chi connectivity index (χ1n) is 8.76. The van der Waals surface area contributed by atoms with Gasteiger partial charge in [-0.3, -0.25) is 4.99 Å². The van der Waals surface area contributed by atoms with Crippen molar-refractivity contribution in [2.45, 2.75) is 32.4 Å². The van der Waals surface area contributed by atoms with E-state index in [2.05, 4.69) is 15.6 Å². The molecule has 0 spiro atoms. The van der Waals surface area contributed by atoms with E-state index in [4.69, 9.17) is 0 Å². The Hall–Kier alpha value is -0.940. The molecule has 2 unspecified atom stereocenters. The molecule has 0 bridgehead atoms. The molecule has 2 N–H and O–H groups in total. The molecule has 1 aromatic carbocycles. The number of sulfone groups is 1. The topological polar surface area (TPSA) is 73.8 Å². The van der Waals surface area contributed by atoms with Gasteiger partial charge in [0.25, 0.3) is 0 Å². The minimum atomic E-state index is -2.98. The van der Waals surface area contributed by atoms with Crippen molar-refractivity contribution in [3.63, 3.8) is 0 Å². The fourth-order valence-corrected chi connectivity index (χ4v) is 3.23. The van der Waals surface area contributed by atoms with Gasteiger partial charge in [-0.1, -0.05) is 12.1 Å². The van der Waals surface area contributed by atoms with Gasteiger partial charge in [-0.05, 0) is 52.1 Å². The monoisotopic (exact) mass is 514 g/mol. The van der Waals surface area contributed by atoms with Crippen molar-refractivity contribution in [2.75, 3.05) is 39.2 Å². The Balaban J connectivity index is 0.00000676. The van der Waals surface area contributed by atoms with Crippen molar-refractivity contribution in [3.8, 4) is 0 Å². The highest BCUT2D eigenvalue weighted by Crippen LogP contribution is 2.19. The number of nitrogens with one attached hydrogen (secondary N) is 2. The van der Waals surface area contributed by atoms with Crippen LogP contribution in [0.3, 0.4) is 0 Å². The SMILES string of the molecule is CCNC(=NCC(c1ccc(F)cc1)N(C)C)NC(C)CCS(C)(=O)=O.I. The number of hydrogen-bond acceptors (Lipinski definition) is 4. The summed E-state index contributed by atoms with van der Waals surface area (Å²) in [4.78, 5) is 6.66. The largest absolute Gasteiger partial charge is 0.357 e.